The lowest BCUT2D eigenvalue weighted by atomic mass is 10.2. The van der Waals surface area contributed by atoms with E-state index in [1.54, 1.807) is 6.07 Å². The average molecular weight is 395 g/mol. The van der Waals surface area contributed by atoms with E-state index in [1.807, 2.05) is 0 Å². The van der Waals surface area contributed by atoms with Gasteiger partial charge in [-0.3, -0.25) is 9.69 Å². The summed E-state index contributed by atoms with van der Waals surface area (Å²) in [7, 11) is 1.26. The minimum Gasteiger partial charge on any atom is -0.293 e. The van der Waals surface area contributed by atoms with Crippen LogP contribution in [0.3, 0.4) is 0 Å². The molecule has 0 aliphatic heterocycles. The molecule has 0 fully saturated rings. The fraction of sp³-hybridized carbons (Fsp3) is 0.444. The SMILES string of the molecule is CN(CC(=O)c1cc(Br)sc1Br)CC(F)(F)F. The lowest BCUT2D eigenvalue weighted by Gasteiger charge is -2.17. The summed E-state index contributed by atoms with van der Waals surface area (Å²) in [4.78, 5) is 12.7. The van der Waals surface area contributed by atoms with Crippen LogP contribution in [0.5, 0.6) is 0 Å². The number of halogens is 5. The topological polar surface area (TPSA) is 20.3 Å². The first-order valence-corrected chi connectivity index (χ1v) is 6.82. The van der Waals surface area contributed by atoms with Gasteiger partial charge >= 0.3 is 6.18 Å². The van der Waals surface area contributed by atoms with Crippen LogP contribution in [-0.4, -0.2) is 37.0 Å². The van der Waals surface area contributed by atoms with Crippen LogP contribution in [0.15, 0.2) is 13.6 Å². The molecule has 0 saturated carbocycles. The Kier molecular flexibility index (Phi) is 5.18. The largest absolute Gasteiger partial charge is 0.401 e. The predicted octanol–water partition coefficient (Wildman–Crippen LogP) is 3.95. The average Bonchev–Trinajstić information content (AvgIpc) is 2.41. The van der Waals surface area contributed by atoms with E-state index < -0.39 is 12.7 Å². The molecule has 0 radical (unpaired) electrons. The summed E-state index contributed by atoms with van der Waals surface area (Å²) in [6.07, 6.45) is -4.29. The second-order valence-corrected chi connectivity index (χ2v) is 7.20. The van der Waals surface area contributed by atoms with Crippen LogP contribution in [0.25, 0.3) is 0 Å². The molecule has 0 aromatic carbocycles. The standard InChI is InChI=1S/C9H8Br2F3NOS/c1-15(4-9(12,13)14)3-6(16)5-2-7(10)17-8(5)11/h2H,3-4H2,1H3. The van der Waals surface area contributed by atoms with Gasteiger partial charge in [0.15, 0.2) is 5.78 Å². The summed E-state index contributed by atoms with van der Waals surface area (Å²) in [6.45, 7) is -1.36. The molecule has 0 aliphatic carbocycles. The molecule has 0 atom stereocenters. The molecular formula is C9H8Br2F3NOS. The van der Waals surface area contributed by atoms with Crippen LogP contribution in [0.2, 0.25) is 0 Å². The number of thiophene rings is 1. The Morgan fingerprint density at radius 3 is 2.47 bits per heavy atom. The highest BCUT2D eigenvalue weighted by molar-refractivity contribution is 9.12. The number of alkyl halides is 3. The van der Waals surface area contributed by atoms with Gasteiger partial charge < -0.3 is 0 Å². The van der Waals surface area contributed by atoms with Crippen molar-refractivity contribution in [1.29, 1.82) is 0 Å². The van der Waals surface area contributed by atoms with Crippen molar-refractivity contribution in [3.8, 4) is 0 Å². The van der Waals surface area contributed by atoms with E-state index in [0.717, 1.165) is 8.69 Å². The highest BCUT2D eigenvalue weighted by Crippen LogP contribution is 2.32. The van der Waals surface area contributed by atoms with E-state index in [4.69, 9.17) is 0 Å². The molecule has 1 heterocycles. The normalized spacial score (nSPS) is 12.2. The Morgan fingerprint density at radius 2 is 2.06 bits per heavy atom. The second kappa shape index (κ2) is 5.81. The smallest absolute Gasteiger partial charge is 0.293 e. The van der Waals surface area contributed by atoms with E-state index in [2.05, 4.69) is 31.9 Å². The van der Waals surface area contributed by atoms with Gasteiger partial charge in [-0.15, -0.1) is 11.3 Å². The minimum absolute atomic E-state index is 0.263. The molecular weight excluding hydrogens is 387 g/mol. The molecule has 0 spiro atoms. The number of likely N-dealkylation sites (N-methyl/N-ethyl adjacent to an activating group) is 1. The summed E-state index contributed by atoms with van der Waals surface area (Å²) in [5.41, 5.74) is 0.399. The summed E-state index contributed by atoms with van der Waals surface area (Å²) >= 11 is 7.71. The van der Waals surface area contributed by atoms with E-state index in [9.17, 15) is 18.0 Å². The quantitative estimate of drug-likeness (QED) is 0.720. The van der Waals surface area contributed by atoms with Crippen LogP contribution < -0.4 is 0 Å². The van der Waals surface area contributed by atoms with Crippen LogP contribution in [0.4, 0.5) is 13.2 Å². The van der Waals surface area contributed by atoms with E-state index in [-0.39, 0.29) is 12.3 Å². The number of ketones is 1. The van der Waals surface area contributed by atoms with Crippen molar-refractivity contribution in [2.45, 2.75) is 6.18 Å². The van der Waals surface area contributed by atoms with Gasteiger partial charge in [-0.05, 0) is 45.0 Å². The maximum absolute atomic E-state index is 12.1. The molecule has 2 nitrogen and oxygen atoms in total. The predicted molar refractivity (Wildman–Crippen MR) is 67.6 cm³/mol. The van der Waals surface area contributed by atoms with Crippen molar-refractivity contribution in [3.63, 3.8) is 0 Å². The van der Waals surface area contributed by atoms with Crippen molar-refractivity contribution in [3.05, 3.63) is 19.2 Å². The summed E-state index contributed by atoms with van der Waals surface area (Å²) in [5, 5.41) is 0. The number of hydrogen-bond acceptors (Lipinski definition) is 3. The van der Waals surface area contributed by atoms with E-state index >= 15 is 0 Å². The number of hydrogen-bond donors (Lipinski definition) is 0. The van der Waals surface area contributed by atoms with Crippen molar-refractivity contribution >= 4 is 49.0 Å². The molecule has 0 N–H and O–H groups in total. The maximum atomic E-state index is 12.1. The molecule has 0 bridgehead atoms. The number of carbonyl (C=O) groups is 1. The molecule has 1 aromatic rings. The zero-order valence-corrected chi connectivity index (χ0v) is 12.6. The van der Waals surface area contributed by atoms with Crippen LogP contribution >= 0.6 is 43.2 Å². The van der Waals surface area contributed by atoms with Crippen LogP contribution in [0, 0.1) is 0 Å². The first-order chi connectivity index (χ1) is 7.69. The van der Waals surface area contributed by atoms with Gasteiger partial charge in [-0.2, -0.15) is 13.2 Å². The molecule has 0 amide bonds. The second-order valence-electron chi connectivity index (χ2n) is 3.45. The first kappa shape index (κ1) is 15.1. The maximum Gasteiger partial charge on any atom is 0.401 e. The van der Waals surface area contributed by atoms with Gasteiger partial charge in [0.1, 0.15) is 0 Å². The molecule has 0 aliphatic rings. The highest BCUT2D eigenvalue weighted by Gasteiger charge is 2.30. The minimum atomic E-state index is -4.29. The van der Waals surface area contributed by atoms with E-state index in [1.165, 1.54) is 18.4 Å². The van der Waals surface area contributed by atoms with Crippen molar-refractivity contribution in [2.24, 2.45) is 0 Å². The van der Waals surface area contributed by atoms with Gasteiger partial charge in [0.2, 0.25) is 0 Å². The highest BCUT2D eigenvalue weighted by atomic mass is 79.9. The first-order valence-electron chi connectivity index (χ1n) is 4.42. The number of carbonyl (C=O) groups excluding carboxylic acids is 1. The van der Waals surface area contributed by atoms with Gasteiger partial charge in [0.25, 0.3) is 0 Å². The van der Waals surface area contributed by atoms with Crippen LogP contribution in [0.1, 0.15) is 10.4 Å². The third-order valence-corrected chi connectivity index (χ3v) is 4.16. The molecule has 0 saturated heterocycles. The number of Topliss-reactive ketones (excluding diaryl/α,β-unsaturated/α-hetero) is 1. The lowest BCUT2D eigenvalue weighted by Crippen LogP contribution is -2.34. The zero-order valence-electron chi connectivity index (χ0n) is 8.65. The molecule has 96 valence electrons. The number of nitrogens with zero attached hydrogens (tertiary/aromatic N) is 1. The summed E-state index contributed by atoms with van der Waals surface area (Å²) < 4.78 is 37.6. The fourth-order valence-electron chi connectivity index (χ4n) is 1.22. The lowest BCUT2D eigenvalue weighted by molar-refractivity contribution is -0.141. The van der Waals surface area contributed by atoms with E-state index in [0.29, 0.717) is 9.35 Å². The molecule has 1 rings (SSSR count). The Balaban J connectivity index is 2.64. The third-order valence-electron chi connectivity index (χ3n) is 1.82. The Bertz CT molecular complexity index is 419. The van der Waals surface area contributed by atoms with Crippen LogP contribution in [-0.2, 0) is 0 Å². The Morgan fingerprint density at radius 1 is 1.47 bits per heavy atom. The molecule has 1 aromatic heterocycles. The monoisotopic (exact) mass is 393 g/mol. The van der Waals surface area contributed by atoms with Gasteiger partial charge in [0, 0.05) is 5.56 Å². The zero-order chi connectivity index (χ0) is 13.2. The van der Waals surface area contributed by atoms with Gasteiger partial charge in [-0.25, -0.2) is 0 Å². The van der Waals surface area contributed by atoms with Gasteiger partial charge in [-0.1, -0.05) is 0 Å². The Labute approximate surface area is 117 Å². The van der Waals surface area contributed by atoms with Crippen molar-refractivity contribution in [1.82, 2.24) is 4.90 Å². The summed E-state index contributed by atoms with van der Waals surface area (Å²) in [6, 6.07) is 1.60. The third kappa shape index (κ3) is 5.07. The molecule has 17 heavy (non-hydrogen) atoms. The molecule has 0 unspecified atom stereocenters. The summed E-state index contributed by atoms with van der Waals surface area (Å²) in [5.74, 6) is -0.342. The van der Waals surface area contributed by atoms with Crippen molar-refractivity contribution < 1.29 is 18.0 Å². The number of rotatable bonds is 4. The Hall–Kier alpha value is 0.0800. The van der Waals surface area contributed by atoms with Crippen molar-refractivity contribution in [2.75, 3.05) is 20.1 Å². The van der Waals surface area contributed by atoms with Gasteiger partial charge in [0.05, 0.1) is 20.7 Å². The molecule has 8 heteroatoms. The fourth-order valence-corrected chi connectivity index (χ4v) is 4.08.